The lowest BCUT2D eigenvalue weighted by molar-refractivity contribution is -0.134. The number of fused-ring (bicyclic) bond motifs is 1. The fourth-order valence-corrected chi connectivity index (χ4v) is 2.72. The maximum atomic E-state index is 12.2. The van der Waals surface area contributed by atoms with Crippen molar-refractivity contribution in [2.24, 2.45) is 5.92 Å². The zero-order valence-corrected chi connectivity index (χ0v) is 13.0. The summed E-state index contributed by atoms with van der Waals surface area (Å²) >= 11 is 0. The third kappa shape index (κ3) is 2.96. The van der Waals surface area contributed by atoms with E-state index in [1.165, 1.54) is 0 Å². The van der Waals surface area contributed by atoms with Gasteiger partial charge in [-0.05, 0) is 12.8 Å². The van der Waals surface area contributed by atoms with E-state index in [4.69, 9.17) is 9.47 Å². The van der Waals surface area contributed by atoms with Crippen LogP contribution in [-0.2, 0) is 14.3 Å². The number of carbonyl (C=O) groups excluding carboxylic acids is 2. The summed E-state index contributed by atoms with van der Waals surface area (Å²) in [6.07, 6.45) is 0.478. The molecule has 0 spiro atoms. The molecule has 0 amide bonds. The van der Waals surface area contributed by atoms with E-state index < -0.39 is 11.6 Å². The first-order chi connectivity index (χ1) is 10.5. The monoisotopic (exact) mass is 304 g/mol. The number of benzene rings is 1. The number of rotatable bonds is 6. The molecular weight excluding hydrogens is 284 g/mol. The van der Waals surface area contributed by atoms with Crippen LogP contribution < -0.4 is 0 Å². The number of hydrogen-bond donors (Lipinski definition) is 1. The number of ketones is 2. The van der Waals surface area contributed by atoms with E-state index in [0.29, 0.717) is 18.4 Å². The molecule has 0 aliphatic heterocycles. The van der Waals surface area contributed by atoms with E-state index >= 15 is 0 Å². The van der Waals surface area contributed by atoms with Crippen molar-refractivity contribution >= 4 is 17.3 Å². The van der Waals surface area contributed by atoms with Crippen LogP contribution in [0.5, 0.6) is 0 Å². The second-order valence-electron chi connectivity index (χ2n) is 5.39. The number of aliphatic hydroxyl groups is 1. The van der Waals surface area contributed by atoms with E-state index in [1.54, 1.807) is 38.5 Å². The summed E-state index contributed by atoms with van der Waals surface area (Å²) in [5.74, 6) is -1.27. The summed E-state index contributed by atoms with van der Waals surface area (Å²) in [5, 5.41) is 10.3. The summed E-state index contributed by atoms with van der Waals surface area (Å²) in [4.78, 5) is 24.3. The number of methoxy groups -OCH3 is 2. The van der Waals surface area contributed by atoms with Crippen LogP contribution in [0.25, 0.3) is 5.76 Å². The molecule has 0 aromatic heterocycles. The van der Waals surface area contributed by atoms with Crippen LogP contribution in [-0.4, -0.2) is 37.2 Å². The number of aliphatic hydroxyl groups excluding tert-OH is 1. The van der Waals surface area contributed by atoms with Crippen LogP contribution in [0.2, 0.25) is 0 Å². The molecule has 0 fully saturated rings. The Balaban J connectivity index is 2.23. The van der Waals surface area contributed by atoms with Gasteiger partial charge in [-0.25, -0.2) is 0 Å². The molecule has 0 saturated heterocycles. The molecule has 0 heterocycles. The first kappa shape index (κ1) is 16.4. The lowest BCUT2D eigenvalue weighted by Crippen LogP contribution is -2.26. The molecule has 0 saturated carbocycles. The van der Waals surface area contributed by atoms with Gasteiger partial charge in [-0.1, -0.05) is 31.2 Å². The normalized spacial score (nSPS) is 16.2. The van der Waals surface area contributed by atoms with Gasteiger partial charge in [-0.2, -0.15) is 0 Å². The van der Waals surface area contributed by atoms with Gasteiger partial charge in [-0.3, -0.25) is 9.59 Å². The van der Waals surface area contributed by atoms with E-state index in [-0.39, 0.29) is 29.1 Å². The van der Waals surface area contributed by atoms with Gasteiger partial charge in [-0.15, -0.1) is 0 Å². The maximum absolute atomic E-state index is 12.2. The number of Topliss-reactive ketones (excluding diaryl/α,β-unsaturated/α-hetero) is 2. The van der Waals surface area contributed by atoms with Gasteiger partial charge < -0.3 is 14.6 Å². The Morgan fingerprint density at radius 3 is 2.23 bits per heavy atom. The topological polar surface area (TPSA) is 72.8 Å². The first-order valence-electron chi connectivity index (χ1n) is 7.17. The minimum absolute atomic E-state index is 0.0235. The highest BCUT2D eigenvalue weighted by molar-refractivity contribution is 6.52. The quantitative estimate of drug-likeness (QED) is 0.646. The molecule has 2 rings (SSSR count). The van der Waals surface area contributed by atoms with Crippen molar-refractivity contribution in [3.63, 3.8) is 0 Å². The Kier molecular flexibility index (Phi) is 5.11. The molecule has 5 heteroatoms. The van der Waals surface area contributed by atoms with Gasteiger partial charge in [0.2, 0.25) is 11.6 Å². The highest BCUT2D eigenvalue weighted by Gasteiger charge is 2.32. The minimum atomic E-state index is -0.630. The third-order valence-electron chi connectivity index (χ3n) is 3.97. The lowest BCUT2D eigenvalue weighted by Gasteiger charge is -2.22. The van der Waals surface area contributed by atoms with Gasteiger partial charge in [0.15, 0.2) is 6.29 Å². The van der Waals surface area contributed by atoms with E-state index in [1.807, 2.05) is 6.92 Å². The zero-order valence-electron chi connectivity index (χ0n) is 13.0. The molecule has 1 aliphatic rings. The SMILES string of the molecule is COC(OC)C(C)CCC1=C(O)c2ccccc2C(=O)C1=O. The highest BCUT2D eigenvalue weighted by Crippen LogP contribution is 2.31. The molecule has 1 aromatic rings. The largest absolute Gasteiger partial charge is 0.507 e. The van der Waals surface area contributed by atoms with E-state index in [2.05, 4.69) is 0 Å². The molecule has 1 aliphatic carbocycles. The standard InChI is InChI=1S/C17H20O5/c1-10(17(21-2)22-3)8-9-13-14(18)11-6-4-5-7-12(11)15(19)16(13)20/h4-7,10,17-18H,8-9H2,1-3H3. The van der Waals surface area contributed by atoms with Crippen LogP contribution in [0.15, 0.2) is 29.8 Å². The average Bonchev–Trinajstić information content (AvgIpc) is 2.54. The molecule has 22 heavy (non-hydrogen) atoms. The zero-order chi connectivity index (χ0) is 16.3. The van der Waals surface area contributed by atoms with Gasteiger partial charge >= 0.3 is 0 Å². The van der Waals surface area contributed by atoms with Crippen LogP contribution in [0.4, 0.5) is 0 Å². The van der Waals surface area contributed by atoms with Crippen molar-refractivity contribution in [2.45, 2.75) is 26.1 Å². The average molecular weight is 304 g/mol. The number of ether oxygens (including phenoxy) is 2. The Hall–Kier alpha value is -1.98. The first-order valence-corrected chi connectivity index (χ1v) is 7.17. The summed E-state index contributed by atoms with van der Waals surface area (Å²) in [6.45, 7) is 1.93. The number of hydrogen-bond acceptors (Lipinski definition) is 5. The lowest BCUT2D eigenvalue weighted by atomic mass is 9.85. The summed E-state index contributed by atoms with van der Waals surface area (Å²) in [7, 11) is 3.10. The molecule has 0 bridgehead atoms. The molecule has 1 unspecified atom stereocenters. The Morgan fingerprint density at radius 1 is 1.05 bits per heavy atom. The predicted octanol–water partition coefficient (Wildman–Crippen LogP) is 2.76. The highest BCUT2D eigenvalue weighted by atomic mass is 16.7. The fraction of sp³-hybridized carbons (Fsp3) is 0.412. The molecule has 0 radical (unpaired) electrons. The smallest absolute Gasteiger partial charge is 0.234 e. The second-order valence-corrected chi connectivity index (χ2v) is 5.39. The Labute approximate surface area is 129 Å². The predicted molar refractivity (Wildman–Crippen MR) is 81.5 cm³/mol. The van der Waals surface area contributed by atoms with Crippen molar-refractivity contribution in [1.29, 1.82) is 0 Å². The van der Waals surface area contributed by atoms with Crippen molar-refractivity contribution in [3.8, 4) is 0 Å². The van der Waals surface area contributed by atoms with Gasteiger partial charge in [0, 0.05) is 36.8 Å². The van der Waals surface area contributed by atoms with Crippen molar-refractivity contribution < 1.29 is 24.2 Å². The second kappa shape index (κ2) is 6.85. The van der Waals surface area contributed by atoms with Crippen molar-refractivity contribution in [3.05, 3.63) is 41.0 Å². The van der Waals surface area contributed by atoms with Crippen molar-refractivity contribution in [1.82, 2.24) is 0 Å². The Bertz CT molecular complexity index is 613. The summed E-state index contributed by atoms with van der Waals surface area (Å²) < 4.78 is 10.4. The molecular formula is C17H20O5. The molecule has 1 aromatic carbocycles. The number of allylic oxidation sites excluding steroid dienone is 1. The molecule has 1 N–H and O–H groups in total. The minimum Gasteiger partial charge on any atom is -0.507 e. The summed E-state index contributed by atoms with van der Waals surface area (Å²) in [6, 6.07) is 6.60. The molecule has 118 valence electrons. The van der Waals surface area contributed by atoms with Gasteiger partial charge in [0.1, 0.15) is 5.76 Å². The van der Waals surface area contributed by atoms with Crippen LogP contribution in [0.3, 0.4) is 0 Å². The van der Waals surface area contributed by atoms with Crippen LogP contribution in [0, 0.1) is 5.92 Å². The summed E-state index contributed by atoms with van der Waals surface area (Å²) in [5.41, 5.74) is 0.847. The van der Waals surface area contributed by atoms with Gasteiger partial charge in [0.25, 0.3) is 0 Å². The van der Waals surface area contributed by atoms with Gasteiger partial charge in [0.05, 0.1) is 0 Å². The van der Waals surface area contributed by atoms with E-state index in [9.17, 15) is 14.7 Å². The molecule has 5 nitrogen and oxygen atoms in total. The van der Waals surface area contributed by atoms with Crippen molar-refractivity contribution in [2.75, 3.05) is 14.2 Å². The fourth-order valence-electron chi connectivity index (χ4n) is 2.72. The third-order valence-corrected chi connectivity index (χ3v) is 3.97. The van der Waals surface area contributed by atoms with Crippen LogP contribution in [0.1, 0.15) is 35.7 Å². The Morgan fingerprint density at radius 2 is 1.64 bits per heavy atom. The maximum Gasteiger partial charge on any atom is 0.234 e. The molecule has 1 atom stereocenters. The van der Waals surface area contributed by atoms with Crippen LogP contribution >= 0.6 is 0 Å². The van der Waals surface area contributed by atoms with E-state index in [0.717, 1.165) is 0 Å². The number of carbonyl (C=O) groups is 2.